The number of non-ortho nitro benzene ring substituents is 1. The van der Waals surface area contributed by atoms with E-state index in [4.69, 9.17) is 0 Å². The summed E-state index contributed by atoms with van der Waals surface area (Å²) < 4.78 is 3.02. The SMILES string of the molecule is Cn1/c(=N\N=C\c2ccc([N+](=O)[O-])cc2O)sc2ccccc21. The Morgan fingerprint density at radius 3 is 2.78 bits per heavy atom. The van der Waals surface area contributed by atoms with Crippen molar-refractivity contribution in [2.24, 2.45) is 17.3 Å². The van der Waals surface area contributed by atoms with Crippen molar-refractivity contribution in [1.82, 2.24) is 4.57 Å². The molecule has 0 bridgehead atoms. The van der Waals surface area contributed by atoms with Crippen molar-refractivity contribution in [2.45, 2.75) is 0 Å². The van der Waals surface area contributed by atoms with Crippen molar-refractivity contribution in [3.05, 3.63) is 62.9 Å². The van der Waals surface area contributed by atoms with Gasteiger partial charge in [0, 0.05) is 18.7 Å². The molecule has 0 aliphatic heterocycles. The monoisotopic (exact) mass is 328 g/mol. The number of hydrogen-bond acceptors (Lipinski definition) is 6. The predicted molar refractivity (Wildman–Crippen MR) is 88.7 cm³/mol. The van der Waals surface area contributed by atoms with Crippen molar-refractivity contribution in [3.63, 3.8) is 0 Å². The Labute approximate surface area is 134 Å². The van der Waals surface area contributed by atoms with Crippen LogP contribution in [0.15, 0.2) is 52.7 Å². The first kappa shape index (κ1) is 14.9. The van der Waals surface area contributed by atoms with Crippen LogP contribution in [0.2, 0.25) is 0 Å². The average molecular weight is 328 g/mol. The fourth-order valence-corrected chi connectivity index (χ4v) is 3.05. The zero-order chi connectivity index (χ0) is 16.4. The molecule has 23 heavy (non-hydrogen) atoms. The second-order valence-electron chi connectivity index (χ2n) is 4.76. The van der Waals surface area contributed by atoms with E-state index in [2.05, 4.69) is 10.2 Å². The molecular weight excluding hydrogens is 316 g/mol. The summed E-state index contributed by atoms with van der Waals surface area (Å²) in [4.78, 5) is 10.8. The number of fused-ring (bicyclic) bond motifs is 1. The zero-order valence-corrected chi connectivity index (χ0v) is 12.9. The number of benzene rings is 2. The third kappa shape index (κ3) is 2.97. The number of aromatic hydroxyl groups is 1. The van der Waals surface area contributed by atoms with E-state index in [1.165, 1.54) is 29.7 Å². The molecule has 8 heteroatoms. The van der Waals surface area contributed by atoms with Crippen LogP contribution in [0.5, 0.6) is 5.75 Å². The lowest BCUT2D eigenvalue weighted by Crippen LogP contribution is -2.08. The van der Waals surface area contributed by atoms with Crippen LogP contribution in [-0.2, 0) is 7.05 Å². The molecule has 1 aromatic heterocycles. The maximum Gasteiger partial charge on any atom is 0.273 e. The van der Waals surface area contributed by atoms with E-state index in [9.17, 15) is 15.2 Å². The normalized spacial score (nSPS) is 12.3. The standard InChI is InChI=1S/C15H12N4O3S/c1-18-12-4-2-3-5-14(12)23-15(18)17-16-9-10-6-7-11(19(21)22)8-13(10)20/h2-9,20H,1H3/b16-9+,17-15+. The maximum absolute atomic E-state index is 10.6. The number of nitro groups is 1. The Kier molecular flexibility index (Phi) is 3.90. The fourth-order valence-electron chi connectivity index (χ4n) is 2.07. The van der Waals surface area contributed by atoms with E-state index in [1.54, 1.807) is 0 Å². The minimum absolute atomic E-state index is 0.174. The van der Waals surface area contributed by atoms with Crippen molar-refractivity contribution >= 4 is 33.5 Å². The summed E-state index contributed by atoms with van der Waals surface area (Å²) in [5.74, 6) is -0.209. The third-order valence-electron chi connectivity index (χ3n) is 3.28. The number of aromatic nitrogens is 1. The Balaban J connectivity index is 1.93. The highest BCUT2D eigenvalue weighted by Crippen LogP contribution is 2.22. The first-order chi connectivity index (χ1) is 11.1. The number of phenols is 1. The molecule has 0 atom stereocenters. The number of hydrogen-bond donors (Lipinski definition) is 1. The topological polar surface area (TPSA) is 93.0 Å². The molecule has 0 radical (unpaired) electrons. The Hall–Kier alpha value is -3.00. The molecular formula is C15H12N4O3S. The van der Waals surface area contributed by atoms with Crippen LogP contribution in [-0.4, -0.2) is 20.8 Å². The van der Waals surface area contributed by atoms with Crippen LogP contribution in [0.1, 0.15) is 5.56 Å². The van der Waals surface area contributed by atoms with E-state index in [0.29, 0.717) is 10.4 Å². The summed E-state index contributed by atoms with van der Waals surface area (Å²) in [5.41, 5.74) is 1.25. The number of rotatable bonds is 3. The maximum atomic E-state index is 10.6. The first-order valence-electron chi connectivity index (χ1n) is 6.65. The Morgan fingerprint density at radius 1 is 1.30 bits per heavy atom. The van der Waals surface area contributed by atoms with Gasteiger partial charge in [-0.2, -0.15) is 5.10 Å². The molecule has 0 aliphatic carbocycles. The summed E-state index contributed by atoms with van der Waals surface area (Å²) >= 11 is 1.50. The van der Waals surface area contributed by atoms with Crippen LogP contribution >= 0.6 is 11.3 Å². The summed E-state index contributed by atoms with van der Waals surface area (Å²) in [6, 6.07) is 11.7. The summed E-state index contributed by atoms with van der Waals surface area (Å²) in [6.07, 6.45) is 1.36. The number of aryl methyl sites for hydroxylation is 1. The van der Waals surface area contributed by atoms with Gasteiger partial charge in [-0.15, -0.1) is 5.10 Å². The van der Waals surface area contributed by atoms with Gasteiger partial charge in [0.25, 0.3) is 5.69 Å². The van der Waals surface area contributed by atoms with Gasteiger partial charge in [0.2, 0.25) is 4.80 Å². The van der Waals surface area contributed by atoms with Gasteiger partial charge in [-0.1, -0.05) is 23.5 Å². The summed E-state index contributed by atoms with van der Waals surface area (Å²) in [5, 5.41) is 28.5. The molecule has 0 saturated heterocycles. The molecule has 0 aliphatic rings. The molecule has 2 aromatic carbocycles. The lowest BCUT2D eigenvalue weighted by molar-refractivity contribution is -0.384. The van der Waals surface area contributed by atoms with E-state index < -0.39 is 4.92 Å². The number of para-hydroxylation sites is 1. The molecule has 7 nitrogen and oxygen atoms in total. The number of phenolic OH excluding ortho intramolecular Hbond substituents is 1. The second-order valence-corrected chi connectivity index (χ2v) is 5.77. The molecule has 1 N–H and O–H groups in total. The van der Waals surface area contributed by atoms with Gasteiger partial charge < -0.3 is 9.67 Å². The highest BCUT2D eigenvalue weighted by Gasteiger charge is 2.08. The van der Waals surface area contributed by atoms with Gasteiger partial charge in [0.15, 0.2) is 0 Å². The molecule has 0 fully saturated rings. The Bertz CT molecular complexity index is 988. The van der Waals surface area contributed by atoms with Gasteiger partial charge >= 0.3 is 0 Å². The van der Waals surface area contributed by atoms with Crippen molar-refractivity contribution in [2.75, 3.05) is 0 Å². The molecule has 3 aromatic rings. The molecule has 0 amide bonds. The quantitative estimate of drug-likeness (QED) is 0.455. The molecule has 0 unspecified atom stereocenters. The van der Waals surface area contributed by atoms with Crippen LogP contribution in [0.3, 0.4) is 0 Å². The Morgan fingerprint density at radius 2 is 2.09 bits per heavy atom. The van der Waals surface area contributed by atoms with E-state index in [1.807, 2.05) is 35.9 Å². The van der Waals surface area contributed by atoms with Crippen LogP contribution in [0.25, 0.3) is 10.2 Å². The van der Waals surface area contributed by atoms with Crippen molar-refractivity contribution in [1.29, 1.82) is 0 Å². The third-order valence-corrected chi connectivity index (χ3v) is 4.38. The lowest BCUT2D eigenvalue weighted by atomic mass is 10.2. The highest BCUT2D eigenvalue weighted by molar-refractivity contribution is 7.16. The van der Waals surface area contributed by atoms with Crippen LogP contribution < -0.4 is 4.80 Å². The average Bonchev–Trinajstić information content (AvgIpc) is 2.85. The number of thiazole rings is 1. The van der Waals surface area contributed by atoms with E-state index in [0.717, 1.165) is 16.3 Å². The van der Waals surface area contributed by atoms with Crippen LogP contribution in [0.4, 0.5) is 5.69 Å². The van der Waals surface area contributed by atoms with Gasteiger partial charge in [0.1, 0.15) is 5.75 Å². The molecule has 3 rings (SSSR count). The van der Waals surface area contributed by atoms with Gasteiger partial charge in [-0.3, -0.25) is 10.1 Å². The molecule has 1 heterocycles. The predicted octanol–water partition coefficient (Wildman–Crippen LogP) is 2.79. The molecule has 116 valence electrons. The van der Waals surface area contributed by atoms with Gasteiger partial charge in [-0.25, -0.2) is 0 Å². The van der Waals surface area contributed by atoms with Crippen molar-refractivity contribution in [3.8, 4) is 5.75 Å². The van der Waals surface area contributed by atoms with Crippen LogP contribution in [0, 0.1) is 10.1 Å². The summed E-state index contributed by atoms with van der Waals surface area (Å²) in [7, 11) is 1.90. The minimum Gasteiger partial charge on any atom is -0.507 e. The second kappa shape index (κ2) is 6.01. The van der Waals surface area contributed by atoms with Crippen molar-refractivity contribution < 1.29 is 10.0 Å². The smallest absolute Gasteiger partial charge is 0.273 e. The molecule has 0 saturated carbocycles. The zero-order valence-electron chi connectivity index (χ0n) is 12.1. The number of nitrogens with zero attached hydrogens (tertiary/aromatic N) is 4. The van der Waals surface area contributed by atoms with E-state index in [-0.39, 0.29) is 11.4 Å². The lowest BCUT2D eigenvalue weighted by Gasteiger charge is -1.97. The van der Waals surface area contributed by atoms with Gasteiger partial charge in [-0.05, 0) is 18.2 Å². The van der Waals surface area contributed by atoms with Gasteiger partial charge in [0.05, 0.1) is 27.4 Å². The highest BCUT2D eigenvalue weighted by atomic mass is 32.1. The summed E-state index contributed by atoms with van der Waals surface area (Å²) in [6.45, 7) is 0. The molecule has 0 spiro atoms. The number of nitro benzene ring substituents is 1. The minimum atomic E-state index is -0.567. The fraction of sp³-hybridized carbons (Fsp3) is 0.0667. The first-order valence-corrected chi connectivity index (χ1v) is 7.47. The van der Waals surface area contributed by atoms with E-state index >= 15 is 0 Å². The largest absolute Gasteiger partial charge is 0.507 e.